The fourth-order valence-corrected chi connectivity index (χ4v) is 4.76. The molecule has 1 aliphatic rings. The predicted molar refractivity (Wildman–Crippen MR) is 117 cm³/mol. The lowest BCUT2D eigenvalue weighted by Gasteiger charge is -2.35. The maximum Gasteiger partial charge on any atom is 0.254 e. The number of aromatic nitrogens is 1. The summed E-state index contributed by atoms with van der Waals surface area (Å²) in [6.07, 6.45) is 1.89. The van der Waals surface area contributed by atoms with Crippen molar-refractivity contribution >= 4 is 21.8 Å². The third-order valence-electron chi connectivity index (χ3n) is 5.46. The minimum Gasteiger partial charge on any atom is -0.339 e. The van der Waals surface area contributed by atoms with E-state index in [9.17, 15) is 18.0 Å². The molecule has 0 radical (unpaired) electrons. The monoisotopic (exact) mass is 444 g/mol. The number of piperazine rings is 1. The zero-order chi connectivity index (χ0) is 22.6. The standard InChI is InChI=1S/C22H28N4O4S/c1-17(2)24(3)31(29,30)20-9-6-7-18(15-20)22(28)26-13-11-25(12-14-26)21(27)16-19-8-4-5-10-23-19/h4-10,15,17H,11-14,16H2,1-3H3. The average molecular weight is 445 g/mol. The van der Waals surface area contributed by atoms with Gasteiger partial charge in [-0.15, -0.1) is 0 Å². The second kappa shape index (κ2) is 9.57. The molecular weight excluding hydrogens is 416 g/mol. The summed E-state index contributed by atoms with van der Waals surface area (Å²) in [5, 5.41) is 0. The van der Waals surface area contributed by atoms with Crippen LogP contribution in [0.15, 0.2) is 53.6 Å². The summed E-state index contributed by atoms with van der Waals surface area (Å²) in [6.45, 7) is 5.25. The summed E-state index contributed by atoms with van der Waals surface area (Å²) < 4.78 is 26.8. The van der Waals surface area contributed by atoms with Gasteiger partial charge in [-0.05, 0) is 44.2 Å². The van der Waals surface area contributed by atoms with Gasteiger partial charge in [0.15, 0.2) is 0 Å². The highest BCUT2D eigenvalue weighted by Crippen LogP contribution is 2.19. The Labute approximate surface area is 183 Å². The smallest absolute Gasteiger partial charge is 0.254 e. The number of hydrogen-bond donors (Lipinski definition) is 0. The highest BCUT2D eigenvalue weighted by molar-refractivity contribution is 7.89. The largest absolute Gasteiger partial charge is 0.339 e. The first-order valence-electron chi connectivity index (χ1n) is 10.2. The number of sulfonamides is 1. The Balaban J connectivity index is 1.64. The van der Waals surface area contributed by atoms with Crippen molar-refractivity contribution in [1.29, 1.82) is 0 Å². The van der Waals surface area contributed by atoms with Crippen molar-refractivity contribution in [1.82, 2.24) is 19.1 Å². The van der Waals surface area contributed by atoms with Crippen LogP contribution in [0.5, 0.6) is 0 Å². The van der Waals surface area contributed by atoms with Crippen LogP contribution < -0.4 is 0 Å². The van der Waals surface area contributed by atoms with Crippen LogP contribution >= 0.6 is 0 Å². The molecule has 1 saturated heterocycles. The summed E-state index contributed by atoms with van der Waals surface area (Å²) in [6, 6.07) is 11.4. The highest BCUT2D eigenvalue weighted by Gasteiger charge is 2.27. The lowest BCUT2D eigenvalue weighted by atomic mass is 10.1. The van der Waals surface area contributed by atoms with Crippen molar-refractivity contribution in [3.8, 4) is 0 Å². The van der Waals surface area contributed by atoms with E-state index in [1.165, 1.54) is 23.5 Å². The maximum atomic E-state index is 13.0. The molecular formula is C22H28N4O4S. The van der Waals surface area contributed by atoms with E-state index in [1.54, 1.807) is 48.0 Å². The first-order chi connectivity index (χ1) is 14.7. The number of rotatable bonds is 6. The van der Waals surface area contributed by atoms with Gasteiger partial charge in [-0.1, -0.05) is 12.1 Å². The van der Waals surface area contributed by atoms with Crippen molar-refractivity contribution in [2.45, 2.75) is 31.2 Å². The van der Waals surface area contributed by atoms with Crippen molar-refractivity contribution < 1.29 is 18.0 Å². The van der Waals surface area contributed by atoms with Crippen LogP contribution in [0.2, 0.25) is 0 Å². The molecule has 0 saturated carbocycles. The number of carbonyl (C=O) groups excluding carboxylic acids is 2. The minimum atomic E-state index is -3.67. The van der Waals surface area contributed by atoms with Gasteiger partial charge in [0.1, 0.15) is 0 Å². The minimum absolute atomic E-state index is 0.0180. The molecule has 0 bridgehead atoms. The first kappa shape index (κ1) is 22.9. The van der Waals surface area contributed by atoms with Gasteiger partial charge in [-0.2, -0.15) is 4.31 Å². The number of pyridine rings is 1. The molecule has 1 aromatic carbocycles. The molecule has 0 N–H and O–H groups in total. The summed E-state index contributed by atoms with van der Waals surface area (Å²) in [7, 11) is -2.15. The van der Waals surface area contributed by atoms with Crippen LogP contribution in [0, 0.1) is 0 Å². The van der Waals surface area contributed by atoms with Gasteiger partial charge in [-0.3, -0.25) is 14.6 Å². The molecule has 8 nitrogen and oxygen atoms in total. The third kappa shape index (κ3) is 5.29. The lowest BCUT2D eigenvalue weighted by Crippen LogP contribution is -2.51. The van der Waals surface area contributed by atoms with E-state index in [0.29, 0.717) is 31.7 Å². The SMILES string of the molecule is CC(C)N(C)S(=O)(=O)c1cccc(C(=O)N2CCN(C(=O)Cc3ccccn3)CC2)c1. The van der Waals surface area contributed by atoms with E-state index < -0.39 is 10.0 Å². The fraction of sp³-hybridized carbons (Fsp3) is 0.409. The summed E-state index contributed by atoms with van der Waals surface area (Å²) in [5.41, 5.74) is 1.04. The van der Waals surface area contributed by atoms with E-state index >= 15 is 0 Å². The van der Waals surface area contributed by atoms with E-state index in [2.05, 4.69) is 4.98 Å². The zero-order valence-corrected chi connectivity index (χ0v) is 18.9. The second-order valence-electron chi connectivity index (χ2n) is 7.81. The van der Waals surface area contributed by atoms with E-state index in [-0.39, 0.29) is 29.2 Å². The Hall–Kier alpha value is -2.78. The van der Waals surface area contributed by atoms with Crippen molar-refractivity contribution in [2.24, 2.45) is 0 Å². The molecule has 0 aliphatic carbocycles. The van der Waals surface area contributed by atoms with Crippen molar-refractivity contribution in [3.05, 3.63) is 59.9 Å². The van der Waals surface area contributed by atoms with E-state index in [1.807, 2.05) is 12.1 Å². The first-order valence-corrected chi connectivity index (χ1v) is 11.7. The normalized spacial score (nSPS) is 14.9. The maximum absolute atomic E-state index is 13.0. The van der Waals surface area contributed by atoms with Gasteiger partial charge in [0.05, 0.1) is 11.3 Å². The summed E-state index contributed by atoms with van der Waals surface area (Å²) >= 11 is 0. The fourth-order valence-electron chi connectivity index (χ4n) is 3.34. The summed E-state index contributed by atoms with van der Waals surface area (Å²) in [5.74, 6) is -0.253. The topological polar surface area (TPSA) is 90.9 Å². The number of carbonyl (C=O) groups is 2. The number of benzene rings is 1. The van der Waals surface area contributed by atoms with Crippen LogP contribution in [0.4, 0.5) is 0 Å². The highest BCUT2D eigenvalue weighted by atomic mass is 32.2. The molecule has 2 aromatic rings. The average Bonchev–Trinajstić information content (AvgIpc) is 2.78. The van der Waals surface area contributed by atoms with Crippen molar-refractivity contribution in [2.75, 3.05) is 33.2 Å². The van der Waals surface area contributed by atoms with E-state index in [4.69, 9.17) is 0 Å². The summed E-state index contributed by atoms with van der Waals surface area (Å²) in [4.78, 5) is 33.1. The van der Waals surface area contributed by atoms with Gasteiger partial charge in [0, 0.05) is 56.7 Å². The molecule has 0 unspecified atom stereocenters. The zero-order valence-electron chi connectivity index (χ0n) is 18.1. The molecule has 2 amide bonds. The van der Waals surface area contributed by atoms with Crippen molar-refractivity contribution in [3.63, 3.8) is 0 Å². The molecule has 1 fully saturated rings. The quantitative estimate of drug-likeness (QED) is 0.676. The van der Waals surface area contributed by atoms with Crippen LogP contribution in [-0.2, 0) is 21.2 Å². The Bertz CT molecular complexity index is 1030. The number of hydrogen-bond acceptors (Lipinski definition) is 5. The van der Waals surface area contributed by atoms with Gasteiger partial charge in [0.25, 0.3) is 5.91 Å². The molecule has 2 heterocycles. The Morgan fingerprint density at radius 1 is 1.03 bits per heavy atom. The Kier molecular flexibility index (Phi) is 7.07. The van der Waals surface area contributed by atoms with Crippen LogP contribution in [-0.4, -0.2) is 78.6 Å². The lowest BCUT2D eigenvalue weighted by molar-refractivity contribution is -0.132. The molecule has 0 spiro atoms. The molecule has 1 aliphatic heterocycles. The third-order valence-corrected chi connectivity index (χ3v) is 7.49. The van der Waals surface area contributed by atoms with Gasteiger partial charge >= 0.3 is 0 Å². The second-order valence-corrected chi connectivity index (χ2v) is 9.81. The molecule has 3 rings (SSSR count). The number of nitrogens with zero attached hydrogens (tertiary/aromatic N) is 4. The molecule has 0 atom stereocenters. The van der Waals surface area contributed by atoms with Crippen LogP contribution in [0.3, 0.4) is 0 Å². The predicted octanol–water partition coefficient (Wildman–Crippen LogP) is 1.64. The molecule has 31 heavy (non-hydrogen) atoms. The van der Waals surface area contributed by atoms with Crippen LogP contribution in [0.1, 0.15) is 29.9 Å². The Morgan fingerprint density at radius 3 is 2.32 bits per heavy atom. The van der Waals surface area contributed by atoms with Crippen LogP contribution in [0.25, 0.3) is 0 Å². The molecule has 166 valence electrons. The van der Waals surface area contributed by atoms with Gasteiger partial charge < -0.3 is 9.80 Å². The Morgan fingerprint density at radius 2 is 1.71 bits per heavy atom. The molecule has 1 aromatic heterocycles. The van der Waals surface area contributed by atoms with Gasteiger partial charge in [-0.25, -0.2) is 8.42 Å². The molecule has 9 heteroatoms. The number of amides is 2. The van der Waals surface area contributed by atoms with Gasteiger partial charge in [0.2, 0.25) is 15.9 Å². The van der Waals surface area contributed by atoms with E-state index in [0.717, 1.165) is 5.69 Å².